The maximum Gasteiger partial charge on any atom is 0.203 e. The number of carbonyl (C=O) groups excluding carboxylic acids is 1. The Kier molecular flexibility index (Phi) is 7.37. The van der Waals surface area contributed by atoms with E-state index < -0.39 is 0 Å². The highest BCUT2D eigenvalue weighted by molar-refractivity contribution is 5.78. The molecule has 0 saturated carbocycles. The Morgan fingerprint density at radius 2 is 1.21 bits per heavy atom. The molecule has 152 valence electrons. The predicted octanol–water partition coefficient (Wildman–Crippen LogP) is 3.55. The molecule has 7 heteroatoms. The van der Waals surface area contributed by atoms with Crippen LogP contribution >= 0.6 is 0 Å². The van der Waals surface area contributed by atoms with E-state index in [4.69, 9.17) is 28.4 Å². The second-order valence-electron chi connectivity index (χ2n) is 6.04. The summed E-state index contributed by atoms with van der Waals surface area (Å²) >= 11 is 0. The highest BCUT2D eigenvalue weighted by atomic mass is 16.5. The minimum absolute atomic E-state index is 0.229. The molecule has 0 aliphatic rings. The van der Waals surface area contributed by atoms with Crippen LogP contribution in [0.4, 0.5) is 0 Å². The normalized spacial score (nSPS) is 11.4. The highest BCUT2D eigenvalue weighted by Gasteiger charge is 2.19. The van der Waals surface area contributed by atoms with E-state index in [0.29, 0.717) is 46.5 Å². The summed E-state index contributed by atoms with van der Waals surface area (Å²) in [7, 11) is 7.74. The summed E-state index contributed by atoms with van der Waals surface area (Å²) in [4.78, 5) is 11.1. The molecule has 0 radical (unpaired) electrons. The van der Waals surface area contributed by atoms with Gasteiger partial charge in [0, 0.05) is 12.0 Å². The molecular formula is C21H26O7. The summed E-state index contributed by atoms with van der Waals surface area (Å²) in [6.07, 6.45) is 1.07. The minimum atomic E-state index is -0.229. The third kappa shape index (κ3) is 4.60. The van der Waals surface area contributed by atoms with Gasteiger partial charge in [-0.05, 0) is 36.8 Å². The molecule has 2 aromatic rings. The lowest BCUT2D eigenvalue weighted by Crippen LogP contribution is -2.16. The first-order valence-corrected chi connectivity index (χ1v) is 8.67. The van der Waals surface area contributed by atoms with Crippen LogP contribution in [0.5, 0.6) is 34.5 Å². The largest absolute Gasteiger partial charge is 0.493 e. The lowest BCUT2D eigenvalue weighted by molar-refractivity contribution is 0.112. The van der Waals surface area contributed by atoms with Crippen LogP contribution in [0.1, 0.15) is 22.8 Å². The number of aldehydes is 1. The van der Waals surface area contributed by atoms with Crippen LogP contribution < -0.4 is 28.4 Å². The molecule has 0 unspecified atom stereocenters. The van der Waals surface area contributed by atoms with Gasteiger partial charge in [0.15, 0.2) is 23.0 Å². The van der Waals surface area contributed by atoms with Crippen LogP contribution in [-0.2, 0) is 6.42 Å². The first-order chi connectivity index (χ1) is 13.5. The summed E-state index contributed by atoms with van der Waals surface area (Å²) < 4.78 is 33.0. The van der Waals surface area contributed by atoms with Gasteiger partial charge in [0.2, 0.25) is 11.5 Å². The van der Waals surface area contributed by atoms with Crippen molar-refractivity contribution in [3.05, 3.63) is 35.4 Å². The van der Waals surface area contributed by atoms with Crippen molar-refractivity contribution >= 4 is 6.29 Å². The second kappa shape index (κ2) is 9.73. The predicted molar refractivity (Wildman–Crippen MR) is 105 cm³/mol. The van der Waals surface area contributed by atoms with E-state index in [1.165, 1.54) is 14.2 Å². The lowest BCUT2D eigenvalue weighted by Gasteiger charge is -2.20. The van der Waals surface area contributed by atoms with Crippen molar-refractivity contribution in [2.45, 2.75) is 19.4 Å². The molecule has 0 spiro atoms. The molecule has 2 aromatic carbocycles. The number of hydrogen-bond acceptors (Lipinski definition) is 7. The molecule has 0 fully saturated rings. The molecule has 2 rings (SSSR count). The molecule has 0 N–H and O–H groups in total. The maximum atomic E-state index is 11.1. The van der Waals surface area contributed by atoms with Gasteiger partial charge in [-0.25, -0.2) is 0 Å². The van der Waals surface area contributed by atoms with Crippen molar-refractivity contribution < 1.29 is 33.2 Å². The van der Waals surface area contributed by atoms with Gasteiger partial charge in [0.05, 0.1) is 35.5 Å². The van der Waals surface area contributed by atoms with Crippen molar-refractivity contribution in [2.24, 2.45) is 0 Å². The number of benzene rings is 2. The van der Waals surface area contributed by atoms with Crippen molar-refractivity contribution in [3.63, 3.8) is 0 Å². The SMILES string of the molecule is COc1cc(C[C@@H](C)Oc2c(OC)cc(C=O)cc2OC)cc(OC)c1OC. The Bertz CT molecular complexity index is 766. The topological polar surface area (TPSA) is 72.5 Å². The van der Waals surface area contributed by atoms with Gasteiger partial charge in [0.25, 0.3) is 0 Å². The van der Waals surface area contributed by atoms with E-state index in [0.717, 1.165) is 11.8 Å². The number of hydrogen-bond donors (Lipinski definition) is 0. The molecule has 0 aliphatic heterocycles. The van der Waals surface area contributed by atoms with Gasteiger partial charge in [-0.1, -0.05) is 0 Å². The van der Waals surface area contributed by atoms with E-state index in [1.54, 1.807) is 33.5 Å². The Hall–Kier alpha value is -3.09. The van der Waals surface area contributed by atoms with Crippen molar-refractivity contribution in [3.8, 4) is 34.5 Å². The standard InChI is InChI=1S/C21H26O7/c1-13(7-14-8-16(23-2)20(27-6)17(9-14)24-3)28-21-18(25-4)10-15(12-22)11-19(21)26-5/h8-13H,7H2,1-6H3/t13-/m1/s1. The smallest absolute Gasteiger partial charge is 0.203 e. The first-order valence-electron chi connectivity index (χ1n) is 8.67. The Morgan fingerprint density at radius 3 is 1.61 bits per heavy atom. The van der Waals surface area contributed by atoms with Crippen LogP contribution in [0.15, 0.2) is 24.3 Å². The molecule has 0 heterocycles. The summed E-state index contributed by atoms with van der Waals surface area (Å²) in [6, 6.07) is 6.98. The van der Waals surface area contributed by atoms with E-state index >= 15 is 0 Å². The van der Waals surface area contributed by atoms with Crippen LogP contribution in [0.3, 0.4) is 0 Å². The zero-order valence-electron chi connectivity index (χ0n) is 17.0. The minimum Gasteiger partial charge on any atom is -0.493 e. The number of carbonyl (C=O) groups is 1. The first kappa shape index (κ1) is 21.2. The monoisotopic (exact) mass is 390 g/mol. The van der Waals surface area contributed by atoms with E-state index in [9.17, 15) is 4.79 Å². The molecule has 0 saturated heterocycles. The third-order valence-electron chi connectivity index (χ3n) is 4.19. The van der Waals surface area contributed by atoms with Gasteiger partial charge in [0.1, 0.15) is 12.4 Å². The van der Waals surface area contributed by atoms with Crippen molar-refractivity contribution in [1.82, 2.24) is 0 Å². The molecule has 1 atom stereocenters. The lowest BCUT2D eigenvalue weighted by atomic mass is 10.1. The average molecular weight is 390 g/mol. The molecule has 7 nitrogen and oxygen atoms in total. The highest BCUT2D eigenvalue weighted by Crippen LogP contribution is 2.41. The Labute approximate surface area is 165 Å². The fourth-order valence-electron chi connectivity index (χ4n) is 2.91. The molecule has 0 bridgehead atoms. The molecule has 0 aliphatic carbocycles. The maximum absolute atomic E-state index is 11.1. The second-order valence-corrected chi connectivity index (χ2v) is 6.04. The van der Waals surface area contributed by atoms with Gasteiger partial charge in [-0.15, -0.1) is 0 Å². The van der Waals surface area contributed by atoms with Crippen molar-refractivity contribution in [1.29, 1.82) is 0 Å². The van der Waals surface area contributed by atoms with Gasteiger partial charge < -0.3 is 28.4 Å². The number of ether oxygens (including phenoxy) is 6. The summed E-state index contributed by atoms with van der Waals surface area (Å²) in [5.74, 6) is 2.99. The zero-order chi connectivity index (χ0) is 20.7. The zero-order valence-corrected chi connectivity index (χ0v) is 17.0. The quantitative estimate of drug-likeness (QED) is 0.575. The number of methoxy groups -OCH3 is 5. The fraction of sp³-hybridized carbons (Fsp3) is 0.381. The van der Waals surface area contributed by atoms with Crippen LogP contribution in [-0.4, -0.2) is 47.9 Å². The fourth-order valence-corrected chi connectivity index (χ4v) is 2.91. The Balaban J connectivity index is 2.30. The van der Waals surface area contributed by atoms with Crippen LogP contribution in [0.2, 0.25) is 0 Å². The van der Waals surface area contributed by atoms with E-state index in [2.05, 4.69) is 0 Å². The summed E-state index contributed by atoms with van der Waals surface area (Å²) in [5, 5.41) is 0. The van der Waals surface area contributed by atoms with Crippen LogP contribution in [0.25, 0.3) is 0 Å². The van der Waals surface area contributed by atoms with Gasteiger partial charge in [-0.3, -0.25) is 4.79 Å². The molecule has 0 aromatic heterocycles. The molecule has 0 amide bonds. The summed E-state index contributed by atoms with van der Waals surface area (Å²) in [6.45, 7) is 1.93. The van der Waals surface area contributed by atoms with E-state index in [-0.39, 0.29) is 6.10 Å². The number of rotatable bonds is 10. The molecular weight excluding hydrogens is 364 g/mol. The molecule has 28 heavy (non-hydrogen) atoms. The van der Waals surface area contributed by atoms with Gasteiger partial charge >= 0.3 is 0 Å². The van der Waals surface area contributed by atoms with Gasteiger partial charge in [-0.2, -0.15) is 0 Å². The summed E-state index contributed by atoms with van der Waals surface area (Å²) in [5.41, 5.74) is 1.39. The van der Waals surface area contributed by atoms with E-state index in [1.807, 2.05) is 19.1 Å². The average Bonchev–Trinajstić information content (AvgIpc) is 2.72. The Morgan fingerprint density at radius 1 is 0.750 bits per heavy atom. The van der Waals surface area contributed by atoms with Crippen LogP contribution in [0, 0.1) is 0 Å². The third-order valence-corrected chi connectivity index (χ3v) is 4.19. The van der Waals surface area contributed by atoms with Crippen molar-refractivity contribution in [2.75, 3.05) is 35.5 Å².